The molecule has 1 saturated carbocycles. The summed E-state index contributed by atoms with van der Waals surface area (Å²) < 4.78 is 5.44. The first kappa shape index (κ1) is 30.0. The van der Waals surface area contributed by atoms with Crippen LogP contribution in [0.4, 0.5) is 4.79 Å². The minimum Gasteiger partial charge on any atom is -0.444 e. The molecular weight excluding hydrogens is 474 g/mol. The molecule has 0 heterocycles. The van der Waals surface area contributed by atoms with Gasteiger partial charge in [0.05, 0.1) is 0 Å². The molecule has 0 spiro atoms. The third-order valence-corrected chi connectivity index (χ3v) is 6.99. The van der Waals surface area contributed by atoms with Gasteiger partial charge < -0.3 is 20.3 Å². The molecule has 3 amide bonds. The Hall–Kier alpha value is -2.22. The number of rotatable bonds is 11. The van der Waals surface area contributed by atoms with Crippen molar-refractivity contribution >= 4 is 29.7 Å². The van der Waals surface area contributed by atoms with Gasteiger partial charge in [0, 0.05) is 12.6 Å². The average molecular weight is 520 g/mol. The van der Waals surface area contributed by atoms with Crippen molar-refractivity contribution in [3.05, 3.63) is 35.4 Å². The first-order valence-electron chi connectivity index (χ1n) is 13.2. The number of aryl methyl sites for hydroxylation is 1. The summed E-state index contributed by atoms with van der Waals surface area (Å²) in [5, 5.41) is 6.03. The number of carbonyl (C=O) groups excluding carboxylic acids is 3. The summed E-state index contributed by atoms with van der Waals surface area (Å²) in [4.78, 5) is 42.1. The highest BCUT2D eigenvalue weighted by atomic mass is 32.2. The van der Waals surface area contributed by atoms with Gasteiger partial charge in [-0.3, -0.25) is 9.59 Å². The summed E-state index contributed by atoms with van der Waals surface area (Å²) in [6, 6.07) is 6.31. The number of benzene rings is 1. The lowest BCUT2D eigenvalue weighted by Crippen LogP contribution is -2.54. The number of ether oxygens (including phenoxy) is 1. The van der Waals surface area contributed by atoms with Crippen LogP contribution in [0.15, 0.2) is 24.3 Å². The molecule has 1 aliphatic rings. The van der Waals surface area contributed by atoms with Crippen LogP contribution in [0.2, 0.25) is 0 Å². The van der Waals surface area contributed by atoms with Crippen molar-refractivity contribution in [3.8, 4) is 0 Å². The number of nitrogens with zero attached hydrogens (tertiary/aromatic N) is 1. The fourth-order valence-electron chi connectivity index (χ4n) is 4.62. The SMILES string of the molecule is CCCN(C(=O)C(CCSC)NC(=O)OC(C)(C)C)C(C(=O)NC1CCCCC1)c1ccccc1C. The number of carbonyl (C=O) groups is 3. The molecule has 2 unspecified atom stereocenters. The Labute approximate surface area is 221 Å². The molecule has 2 rings (SSSR count). The van der Waals surface area contributed by atoms with E-state index in [4.69, 9.17) is 4.74 Å². The van der Waals surface area contributed by atoms with E-state index in [2.05, 4.69) is 10.6 Å². The number of hydrogen-bond donors (Lipinski definition) is 2. The molecule has 1 aliphatic carbocycles. The molecule has 2 N–H and O–H groups in total. The topological polar surface area (TPSA) is 87.7 Å². The van der Waals surface area contributed by atoms with Gasteiger partial charge in [-0.05, 0) is 76.5 Å². The van der Waals surface area contributed by atoms with Gasteiger partial charge in [0.25, 0.3) is 0 Å². The van der Waals surface area contributed by atoms with Crippen LogP contribution < -0.4 is 10.6 Å². The lowest BCUT2D eigenvalue weighted by atomic mass is 9.93. The lowest BCUT2D eigenvalue weighted by Gasteiger charge is -2.36. The zero-order chi connectivity index (χ0) is 26.7. The molecule has 1 aromatic carbocycles. The molecule has 8 heteroatoms. The van der Waals surface area contributed by atoms with Crippen LogP contribution in [-0.2, 0) is 14.3 Å². The second kappa shape index (κ2) is 14.5. The third kappa shape index (κ3) is 9.34. The summed E-state index contributed by atoms with van der Waals surface area (Å²) in [6.07, 6.45) is 7.81. The summed E-state index contributed by atoms with van der Waals surface area (Å²) in [6.45, 7) is 9.73. The Bertz CT molecular complexity index is 865. The van der Waals surface area contributed by atoms with E-state index in [1.54, 1.807) is 37.4 Å². The smallest absolute Gasteiger partial charge is 0.408 e. The second-order valence-corrected chi connectivity index (χ2v) is 11.6. The largest absolute Gasteiger partial charge is 0.444 e. The molecule has 0 saturated heterocycles. The van der Waals surface area contributed by atoms with Crippen LogP contribution in [0.25, 0.3) is 0 Å². The van der Waals surface area contributed by atoms with Crippen molar-refractivity contribution < 1.29 is 19.1 Å². The van der Waals surface area contributed by atoms with E-state index >= 15 is 0 Å². The van der Waals surface area contributed by atoms with E-state index in [1.165, 1.54) is 6.42 Å². The molecule has 7 nitrogen and oxygen atoms in total. The number of hydrogen-bond acceptors (Lipinski definition) is 5. The van der Waals surface area contributed by atoms with Crippen molar-refractivity contribution in [2.75, 3.05) is 18.6 Å². The Morgan fingerprint density at radius 3 is 2.39 bits per heavy atom. The first-order chi connectivity index (χ1) is 17.1. The highest BCUT2D eigenvalue weighted by Gasteiger charge is 2.37. The van der Waals surface area contributed by atoms with E-state index in [9.17, 15) is 14.4 Å². The predicted octanol–water partition coefficient (Wildman–Crippen LogP) is 5.37. The molecule has 1 fully saturated rings. The van der Waals surface area contributed by atoms with E-state index in [0.29, 0.717) is 25.1 Å². The standard InChI is InChI=1S/C28H45N3O4S/c1-7-18-31(26(33)23(17-19-36-6)30-27(34)35-28(3,4)5)24(22-16-12-11-13-20(22)2)25(32)29-21-14-9-8-10-15-21/h11-13,16,21,23-24H,7-10,14-15,17-19H2,1-6H3,(H,29,32)(H,30,34). The van der Waals surface area contributed by atoms with Crippen LogP contribution in [0.3, 0.4) is 0 Å². The summed E-state index contributed by atoms with van der Waals surface area (Å²) in [7, 11) is 0. The van der Waals surface area contributed by atoms with Gasteiger partial charge in [-0.2, -0.15) is 11.8 Å². The van der Waals surface area contributed by atoms with Crippen molar-refractivity contribution in [2.45, 2.75) is 103 Å². The first-order valence-corrected chi connectivity index (χ1v) is 14.6. The Morgan fingerprint density at radius 2 is 1.81 bits per heavy atom. The van der Waals surface area contributed by atoms with Gasteiger partial charge in [0.1, 0.15) is 17.7 Å². The van der Waals surface area contributed by atoms with E-state index < -0.39 is 23.8 Å². The molecule has 1 aromatic rings. The fourth-order valence-corrected chi connectivity index (χ4v) is 5.09. The predicted molar refractivity (Wildman–Crippen MR) is 147 cm³/mol. The molecule has 0 aromatic heterocycles. The Kier molecular flexibility index (Phi) is 12.1. The molecular formula is C28H45N3O4S. The van der Waals surface area contributed by atoms with Gasteiger partial charge in [-0.25, -0.2) is 4.79 Å². The van der Waals surface area contributed by atoms with Gasteiger partial charge in [0.2, 0.25) is 11.8 Å². The summed E-state index contributed by atoms with van der Waals surface area (Å²) in [5.41, 5.74) is 1.09. The van der Waals surface area contributed by atoms with Crippen LogP contribution in [0.1, 0.15) is 89.8 Å². The molecule has 36 heavy (non-hydrogen) atoms. The van der Waals surface area contributed by atoms with Gasteiger partial charge >= 0.3 is 6.09 Å². The van der Waals surface area contributed by atoms with Gasteiger partial charge in [0.15, 0.2) is 0 Å². The second-order valence-electron chi connectivity index (χ2n) is 10.6. The zero-order valence-corrected chi connectivity index (χ0v) is 23.7. The summed E-state index contributed by atoms with van der Waals surface area (Å²) in [5.74, 6) is 0.276. The summed E-state index contributed by atoms with van der Waals surface area (Å²) >= 11 is 1.61. The fraction of sp³-hybridized carbons (Fsp3) is 0.679. The third-order valence-electron chi connectivity index (χ3n) is 6.34. The van der Waals surface area contributed by atoms with Crippen molar-refractivity contribution in [1.82, 2.24) is 15.5 Å². The van der Waals surface area contributed by atoms with E-state index in [-0.39, 0.29) is 17.9 Å². The van der Waals surface area contributed by atoms with Crippen LogP contribution in [0, 0.1) is 6.92 Å². The van der Waals surface area contributed by atoms with Gasteiger partial charge in [-0.1, -0.05) is 50.5 Å². The normalized spacial score (nSPS) is 16.1. The molecule has 202 valence electrons. The van der Waals surface area contributed by atoms with Gasteiger partial charge in [-0.15, -0.1) is 0 Å². The Balaban J connectivity index is 2.40. The highest BCUT2D eigenvalue weighted by molar-refractivity contribution is 7.98. The monoisotopic (exact) mass is 519 g/mol. The number of alkyl carbamates (subject to hydrolysis) is 1. The van der Waals surface area contributed by atoms with Crippen LogP contribution in [-0.4, -0.2) is 59.0 Å². The maximum atomic E-state index is 14.0. The van der Waals surface area contributed by atoms with Crippen molar-refractivity contribution in [2.24, 2.45) is 0 Å². The quantitative estimate of drug-likeness (QED) is 0.410. The number of amides is 3. The highest BCUT2D eigenvalue weighted by Crippen LogP contribution is 2.27. The van der Waals surface area contributed by atoms with Crippen molar-refractivity contribution in [3.63, 3.8) is 0 Å². The average Bonchev–Trinajstić information content (AvgIpc) is 2.81. The molecule has 0 bridgehead atoms. The van der Waals surface area contributed by atoms with Crippen LogP contribution >= 0.6 is 11.8 Å². The zero-order valence-electron chi connectivity index (χ0n) is 22.9. The lowest BCUT2D eigenvalue weighted by molar-refractivity contribution is -0.143. The Morgan fingerprint density at radius 1 is 1.14 bits per heavy atom. The molecule has 0 radical (unpaired) electrons. The number of nitrogens with one attached hydrogen (secondary N) is 2. The van der Waals surface area contributed by atoms with E-state index in [0.717, 1.165) is 36.8 Å². The molecule has 0 aliphatic heterocycles. The number of thioether (sulfide) groups is 1. The minimum absolute atomic E-state index is 0.128. The molecule has 2 atom stereocenters. The maximum absolute atomic E-state index is 14.0. The van der Waals surface area contributed by atoms with Crippen molar-refractivity contribution in [1.29, 1.82) is 0 Å². The maximum Gasteiger partial charge on any atom is 0.408 e. The minimum atomic E-state index is -0.784. The van der Waals surface area contributed by atoms with Crippen LogP contribution in [0.5, 0.6) is 0 Å². The van der Waals surface area contributed by atoms with E-state index in [1.807, 2.05) is 44.4 Å².